The highest BCUT2D eigenvalue weighted by atomic mass is 19.4. The summed E-state index contributed by atoms with van der Waals surface area (Å²) in [5, 5.41) is 3.40. The van der Waals surface area contributed by atoms with E-state index in [1.54, 1.807) is 12.1 Å². The molecule has 0 bridgehead atoms. The number of nitrogens with zero attached hydrogens (tertiary/aromatic N) is 2. The van der Waals surface area contributed by atoms with Gasteiger partial charge in [-0.05, 0) is 37.1 Å². The van der Waals surface area contributed by atoms with Gasteiger partial charge in [-0.25, -0.2) is 0 Å². The average molecular weight is 563 g/mol. The van der Waals surface area contributed by atoms with Gasteiger partial charge in [0.05, 0.1) is 37.1 Å². The Morgan fingerprint density at radius 2 is 1.72 bits per heavy atom. The monoisotopic (exact) mass is 563 g/mol. The molecule has 2 aliphatic heterocycles. The highest BCUT2D eigenvalue weighted by Crippen LogP contribution is 2.38. The Balaban J connectivity index is 1.42. The summed E-state index contributed by atoms with van der Waals surface area (Å²) in [6.45, 7) is 0.248. The first kappa shape index (κ1) is 28.9. The van der Waals surface area contributed by atoms with Gasteiger partial charge in [0.15, 0.2) is 17.3 Å². The van der Waals surface area contributed by atoms with Crippen molar-refractivity contribution in [1.29, 1.82) is 0 Å². The van der Waals surface area contributed by atoms with Crippen LogP contribution in [-0.4, -0.2) is 80.1 Å². The first-order valence-electron chi connectivity index (χ1n) is 12.2. The van der Waals surface area contributed by atoms with Crippen molar-refractivity contribution < 1.29 is 50.1 Å². The van der Waals surface area contributed by atoms with Crippen LogP contribution in [0.2, 0.25) is 0 Å². The van der Waals surface area contributed by atoms with Crippen LogP contribution in [-0.2, 0) is 16.8 Å². The lowest BCUT2D eigenvalue weighted by molar-refractivity contribution is -0.325. The van der Waals surface area contributed by atoms with Gasteiger partial charge in [-0.15, -0.1) is 13.2 Å². The third kappa shape index (κ3) is 6.39. The molecule has 214 valence electrons. The lowest BCUT2D eigenvalue weighted by atomic mass is 9.83. The van der Waals surface area contributed by atoms with E-state index in [4.69, 9.17) is 9.47 Å². The Morgan fingerprint density at radius 1 is 1.00 bits per heavy atom. The SMILES string of the molecule is COc1cccc(C(=O)CN2CCC3(CC2)NCCn2c(C(=O)C(F)(F)F)ccc23)c1OCCOC(F)(F)F. The summed E-state index contributed by atoms with van der Waals surface area (Å²) in [7, 11) is 1.34. The molecule has 1 fully saturated rings. The smallest absolute Gasteiger partial charge is 0.493 e. The van der Waals surface area contributed by atoms with E-state index in [9.17, 15) is 35.9 Å². The van der Waals surface area contributed by atoms with Crippen molar-refractivity contribution in [2.24, 2.45) is 0 Å². The molecule has 0 atom stereocenters. The number of ether oxygens (including phenoxy) is 3. The Morgan fingerprint density at radius 3 is 2.36 bits per heavy atom. The predicted octanol–water partition coefficient (Wildman–Crippen LogP) is 3.93. The summed E-state index contributed by atoms with van der Waals surface area (Å²) in [4.78, 5) is 27.0. The summed E-state index contributed by atoms with van der Waals surface area (Å²) in [5.41, 5.74) is -0.273. The van der Waals surface area contributed by atoms with Gasteiger partial charge in [-0.2, -0.15) is 13.2 Å². The van der Waals surface area contributed by atoms with Gasteiger partial charge in [-0.1, -0.05) is 6.07 Å². The molecule has 0 radical (unpaired) electrons. The van der Waals surface area contributed by atoms with E-state index in [1.807, 2.05) is 4.90 Å². The topological polar surface area (TPSA) is 82.0 Å². The van der Waals surface area contributed by atoms with Crippen LogP contribution in [0.4, 0.5) is 26.3 Å². The molecule has 1 aromatic carbocycles. The molecule has 8 nitrogen and oxygen atoms in total. The van der Waals surface area contributed by atoms with Crippen LogP contribution in [0.3, 0.4) is 0 Å². The van der Waals surface area contributed by atoms with Crippen molar-refractivity contribution in [2.45, 2.75) is 37.5 Å². The van der Waals surface area contributed by atoms with E-state index >= 15 is 0 Å². The molecule has 39 heavy (non-hydrogen) atoms. The first-order valence-corrected chi connectivity index (χ1v) is 12.2. The molecule has 0 aliphatic carbocycles. The summed E-state index contributed by atoms with van der Waals surface area (Å²) in [5.74, 6) is -2.02. The van der Waals surface area contributed by atoms with Crippen molar-refractivity contribution in [3.63, 3.8) is 0 Å². The Kier molecular flexibility index (Phi) is 8.28. The number of ketones is 2. The van der Waals surface area contributed by atoms with E-state index in [1.165, 1.54) is 29.9 Å². The van der Waals surface area contributed by atoms with Crippen molar-refractivity contribution in [3.8, 4) is 11.5 Å². The summed E-state index contributed by atoms with van der Waals surface area (Å²) >= 11 is 0. The fraction of sp³-hybridized carbons (Fsp3) is 0.520. The fourth-order valence-electron chi connectivity index (χ4n) is 5.13. The zero-order chi connectivity index (χ0) is 28.4. The number of nitrogens with one attached hydrogen (secondary N) is 1. The second kappa shape index (κ2) is 11.2. The van der Waals surface area contributed by atoms with Crippen LogP contribution in [0, 0.1) is 0 Å². The lowest BCUT2D eigenvalue weighted by Crippen LogP contribution is -2.56. The summed E-state index contributed by atoms with van der Waals surface area (Å²) < 4.78 is 91.7. The number of alkyl halides is 6. The minimum Gasteiger partial charge on any atom is -0.493 e. The van der Waals surface area contributed by atoms with Gasteiger partial charge in [0, 0.05) is 31.9 Å². The quantitative estimate of drug-likeness (QED) is 0.281. The zero-order valence-electron chi connectivity index (χ0n) is 21.0. The number of methoxy groups -OCH3 is 1. The number of piperidine rings is 1. The van der Waals surface area contributed by atoms with E-state index in [0.29, 0.717) is 38.2 Å². The number of aromatic nitrogens is 1. The van der Waals surface area contributed by atoms with Crippen LogP contribution < -0.4 is 14.8 Å². The van der Waals surface area contributed by atoms with E-state index in [2.05, 4.69) is 10.1 Å². The largest absolute Gasteiger partial charge is 0.522 e. The maximum absolute atomic E-state index is 13.2. The van der Waals surface area contributed by atoms with Crippen LogP contribution in [0.1, 0.15) is 39.4 Å². The Bertz CT molecular complexity index is 1200. The van der Waals surface area contributed by atoms with Gasteiger partial charge in [0.2, 0.25) is 0 Å². The van der Waals surface area contributed by atoms with Crippen LogP contribution in [0.5, 0.6) is 11.5 Å². The number of carbonyl (C=O) groups is 2. The van der Waals surface area contributed by atoms with Crippen LogP contribution in [0.15, 0.2) is 30.3 Å². The molecule has 4 rings (SSSR count). The minimum absolute atomic E-state index is 0.0119. The number of hydrogen-bond acceptors (Lipinski definition) is 7. The number of para-hydroxylation sites is 1. The molecule has 0 unspecified atom stereocenters. The summed E-state index contributed by atoms with van der Waals surface area (Å²) in [6.07, 6.45) is -8.80. The van der Waals surface area contributed by atoms with Gasteiger partial charge in [-0.3, -0.25) is 19.2 Å². The Hall–Kier alpha value is -3.10. The highest BCUT2D eigenvalue weighted by Gasteiger charge is 2.45. The third-order valence-electron chi connectivity index (χ3n) is 6.93. The van der Waals surface area contributed by atoms with E-state index in [-0.39, 0.29) is 41.6 Å². The number of fused-ring (bicyclic) bond motifs is 2. The number of carbonyl (C=O) groups excluding carboxylic acids is 2. The predicted molar refractivity (Wildman–Crippen MR) is 125 cm³/mol. The maximum atomic E-state index is 13.2. The number of rotatable bonds is 9. The standard InChI is InChI=1S/C25H27F6N3O5/c1-37-19-4-2-3-16(21(19)38-13-14-39-25(29,30)31)18(35)15-33-10-7-23(8-11-33)20-6-5-17(22(36)24(26,27)28)34(20)12-9-32-23/h2-6,32H,7-15H2,1H3. The first-order chi connectivity index (χ1) is 18.3. The third-order valence-corrected chi connectivity index (χ3v) is 6.93. The van der Waals surface area contributed by atoms with Crippen molar-refractivity contribution in [1.82, 2.24) is 14.8 Å². The normalized spacial score (nSPS) is 17.6. The lowest BCUT2D eigenvalue weighted by Gasteiger charge is -2.45. The molecule has 3 heterocycles. The molecule has 1 spiro atoms. The summed E-state index contributed by atoms with van der Waals surface area (Å²) in [6, 6.07) is 7.33. The second-order valence-electron chi connectivity index (χ2n) is 9.27. The number of halogens is 6. The minimum atomic E-state index is -4.97. The number of hydrogen-bond donors (Lipinski definition) is 1. The zero-order valence-corrected chi connectivity index (χ0v) is 21.0. The van der Waals surface area contributed by atoms with Gasteiger partial charge in [0.1, 0.15) is 6.61 Å². The molecule has 1 saturated heterocycles. The molecule has 2 aromatic rings. The molecule has 2 aliphatic rings. The second-order valence-corrected chi connectivity index (χ2v) is 9.27. The molecular weight excluding hydrogens is 536 g/mol. The molecular formula is C25H27F6N3O5. The number of likely N-dealkylation sites (tertiary alicyclic amines) is 1. The highest BCUT2D eigenvalue weighted by molar-refractivity contribution is 6.01. The maximum Gasteiger partial charge on any atom is 0.522 e. The Labute approximate surface area is 219 Å². The molecule has 1 aromatic heterocycles. The molecule has 0 amide bonds. The number of benzene rings is 1. The number of Topliss-reactive ketones (excluding diaryl/α,β-unsaturated/α-hetero) is 2. The van der Waals surface area contributed by atoms with Gasteiger partial charge < -0.3 is 19.4 Å². The molecule has 14 heteroatoms. The molecule has 0 saturated carbocycles. The van der Waals surface area contributed by atoms with Crippen molar-refractivity contribution >= 4 is 11.6 Å². The van der Waals surface area contributed by atoms with Crippen LogP contribution in [0.25, 0.3) is 0 Å². The molecule has 1 N–H and O–H groups in total. The van der Waals surface area contributed by atoms with Crippen molar-refractivity contribution in [2.75, 3.05) is 46.5 Å². The average Bonchev–Trinajstić information content (AvgIpc) is 3.32. The fourth-order valence-corrected chi connectivity index (χ4v) is 5.13. The van der Waals surface area contributed by atoms with E-state index < -0.39 is 37.1 Å². The van der Waals surface area contributed by atoms with Crippen molar-refractivity contribution in [3.05, 3.63) is 47.3 Å². The van der Waals surface area contributed by atoms with E-state index in [0.717, 1.165) is 0 Å². The van der Waals surface area contributed by atoms with Gasteiger partial charge >= 0.3 is 12.5 Å². The van der Waals surface area contributed by atoms with Gasteiger partial charge in [0.25, 0.3) is 5.78 Å². The van der Waals surface area contributed by atoms with Crippen LogP contribution >= 0.6 is 0 Å².